The van der Waals surface area contributed by atoms with Crippen molar-refractivity contribution >= 4 is 201 Å². The summed E-state index contributed by atoms with van der Waals surface area (Å²) >= 11 is 36.3. The van der Waals surface area contributed by atoms with Gasteiger partial charge in [0.25, 0.3) is 0 Å². The average molecular weight is 2210 g/mol. The SMILES string of the molecule is C=O.C=O.C=O.C=O.C=O.CCCCCCCCC(=O)OC(C)CS.CCCCCCCCC(=O)OCCCS.CCCCCCCCCC(CS)OC(C)=O.CCCCCCCCCCC(S)C(=O)OC.CCCCCCCCCCCCOC(=O)C(S)c1ccccc1.CCCCCCCCOC(=O)C(C)S.CCCCCCCCOC(=O)CCS.CCCCCCCCOC(=O)CS.CCOC(=O)CS. The maximum absolute atomic E-state index is 11.9. The van der Waals surface area contributed by atoms with Crippen LogP contribution in [-0.2, 0) is 110 Å². The summed E-state index contributed by atoms with van der Waals surface area (Å²) in [6, 6.07) is 9.56. The number of esters is 9. The van der Waals surface area contributed by atoms with E-state index in [-0.39, 0.29) is 87.9 Å². The molecule has 5 atom stereocenters. The second-order valence-corrected chi connectivity index (χ2v) is 38.0. The minimum atomic E-state index is -0.473. The van der Waals surface area contributed by atoms with E-state index >= 15 is 0 Å². The Hall–Kier alpha value is -4.05. The highest BCUT2D eigenvalue weighted by Crippen LogP contribution is 2.23. The number of unbranched alkanes of at least 4 members (excludes halogenated alkanes) is 47. The largest absolute Gasteiger partial charge is 0.468 e. The zero-order valence-electron chi connectivity index (χ0n) is 92.3. The summed E-state index contributed by atoms with van der Waals surface area (Å²) in [7, 11) is 1.42. The molecule has 5 unspecified atom stereocenters. The summed E-state index contributed by atoms with van der Waals surface area (Å²) in [5, 5.41) is -1.00. The van der Waals surface area contributed by atoms with Gasteiger partial charge in [-0.05, 0) is 96.3 Å². The Morgan fingerprint density at radius 3 is 0.853 bits per heavy atom. The van der Waals surface area contributed by atoms with Crippen molar-refractivity contribution in [2.75, 3.05) is 81.3 Å². The first-order valence-corrected chi connectivity index (χ1v) is 59.2. The highest BCUT2D eigenvalue weighted by atomic mass is 32.1. The molecule has 0 radical (unpaired) electrons. The predicted molar refractivity (Wildman–Crippen MR) is 630 cm³/mol. The van der Waals surface area contributed by atoms with Crippen molar-refractivity contribution in [3.05, 3.63) is 35.9 Å². The van der Waals surface area contributed by atoms with Crippen molar-refractivity contribution in [1.29, 1.82) is 0 Å². The summed E-state index contributed by atoms with van der Waals surface area (Å²) < 4.78 is 44.6. The molecule has 0 amide bonds. The van der Waals surface area contributed by atoms with Crippen LogP contribution >= 0.6 is 114 Å². The Morgan fingerprint density at radius 2 is 0.566 bits per heavy atom. The summed E-state index contributed by atoms with van der Waals surface area (Å²) in [5.74, 6) is 1.40. The van der Waals surface area contributed by atoms with Crippen molar-refractivity contribution in [3.63, 3.8) is 0 Å². The first kappa shape index (κ1) is 167. The third-order valence-electron chi connectivity index (χ3n) is 20.7. The van der Waals surface area contributed by atoms with Gasteiger partial charge in [-0.1, -0.05) is 394 Å². The molecule has 850 valence electrons. The molecular weight excluding hydrogens is 1990 g/mol. The molecule has 0 bridgehead atoms. The van der Waals surface area contributed by atoms with E-state index in [1.807, 2.05) is 71.2 Å². The molecule has 0 heterocycles. The van der Waals surface area contributed by atoms with Gasteiger partial charge in [0.2, 0.25) is 0 Å². The van der Waals surface area contributed by atoms with Crippen molar-refractivity contribution < 1.29 is 110 Å². The first-order chi connectivity index (χ1) is 69.3. The van der Waals surface area contributed by atoms with E-state index in [4.69, 9.17) is 57.1 Å². The number of benzene rings is 1. The van der Waals surface area contributed by atoms with Crippen LogP contribution < -0.4 is 0 Å². The third kappa shape index (κ3) is 166. The molecule has 0 aliphatic rings. The van der Waals surface area contributed by atoms with E-state index in [9.17, 15) is 43.2 Å². The number of carbonyl (C=O) groups excluding carboxylic acids is 14. The van der Waals surface area contributed by atoms with Gasteiger partial charge in [-0.2, -0.15) is 114 Å². The number of ether oxygens (including phenoxy) is 9. The zero-order valence-corrected chi connectivity index (χ0v) is 100. The Balaban J connectivity index is -0.000000121. The van der Waals surface area contributed by atoms with Gasteiger partial charge in [-0.3, -0.25) is 43.2 Å². The normalized spacial score (nSPS) is 10.8. The molecule has 0 saturated carbocycles. The Kier molecular flexibility index (Phi) is 184. The van der Waals surface area contributed by atoms with Gasteiger partial charge in [0.15, 0.2) is 0 Å². The Morgan fingerprint density at radius 1 is 0.287 bits per heavy atom. The molecule has 0 aliphatic heterocycles. The van der Waals surface area contributed by atoms with Crippen molar-refractivity contribution in [3.8, 4) is 0 Å². The Labute approximate surface area is 924 Å². The van der Waals surface area contributed by atoms with E-state index in [0.29, 0.717) is 76.2 Å². The molecule has 0 fully saturated rings. The fourth-order valence-corrected chi connectivity index (χ4v) is 14.0. The van der Waals surface area contributed by atoms with Crippen LogP contribution in [-0.4, -0.2) is 192 Å². The molecule has 0 spiro atoms. The lowest BCUT2D eigenvalue weighted by molar-refractivity contribution is -0.148. The summed E-state index contributed by atoms with van der Waals surface area (Å²) in [6.07, 6.45) is 72.7. The lowest BCUT2D eigenvalue weighted by atomic mass is 10.1. The van der Waals surface area contributed by atoms with Crippen LogP contribution in [0.15, 0.2) is 30.3 Å². The minimum absolute atomic E-state index is 0.0106. The molecule has 1 aromatic rings. The van der Waals surface area contributed by atoms with Crippen molar-refractivity contribution in [2.24, 2.45) is 0 Å². The van der Waals surface area contributed by atoms with E-state index in [0.717, 1.165) is 108 Å². The fraction of sp³-hybridized carbons (Fsp3) is 0.820. The van der Waals surface area contributed by atoms with E-state index in [2.05, 4.69) is 179 Å². The average Bonchev–Trinajstić information content (AvgIpc) is 0.890. The number of hydrogen-bond acceptors (Lipinski definition) is 32. The van der Waals surface area contributed by atoms with Gasteiger partial charge in [-0.15, -0.1) is 0 Å². The lowest BCUT2D eigenvalue weighted by Crippen LogP contribution is -2.17. The molecule has 143 heavy (non-hydrogen) atoms. The quantitative estimate of drug-likeness (QED) is 0.0127. The van der Waals surface area contributed by atoms with Crippen LogP contribution in [0.25, 0.3) is 0 Å². The molecule has 1 aromatic carbocycles. The molecule has 0 saturated heterocycles. The second-order valence-electron chi connectivity index (χ2n) is 33.8. The van der Waals surface area contributed by atoms with Gasteiger partial charge in [0, 0.05) is 37.0 Å². The van der Waals surface area contributed by atoms with Crippen molar-refractivity contribution in [1.82, 2.24) is 0 Å². The first-order valence-electron chi connectivity index (χ1n) is 53.9. The third-order valence-corrected chi connectivity index (χ3v) is 23.8. The van der Waals surface area contributed by atoms with Gasteiger partial charge in [0.05, 0.1) is 75.2 Å². The zero-order chi connectivity index (χ0) is 111. The smallest absolute Gasteiger partial charge is 0.323 e. The summed E-state index contributed by atoms with van der Waals surface area (Å²) in [5.41, 5.74) is 0.893. The van der Waals surface area contributed by atoms with Crippen LogP contribution in [0.1, 0.15) is 486 Å². The summed E-state index contributed by atoms with van der Waals surface area (Å²) in [4.78, 5) is 139. The van der Waals surface area contributed by atoms with Crippen LogP contribution in [0.5, 0.6) is 0 Å². The highest BCUT2D eigenvalue weighted by Gasteiger charge is 2.18. The molecule has 32 heteroatoms. The standard InChI is InChI=1S/C20H32O2S.2C13H26O2S.2C12H24O2S.2C11H22O2S.C10H20O2S.C4H8O2S.5CH2O/c1-2-3-4-5-6-7-8-9-10-14-17-22-20(21)19(23)18-15-12-11-13-16-18;1-3-4-5-6-7-8-9-10-13(11-16)15-12(2)14;1-3-4-5-6-7-8-9-10-11-12(16)13(14)15-2;1-3-4-5-6-7-8-9-12(13)14-11(2)10-15;1-2-3-4-5-6-7-9-12(13)14-10-8-11-15;1-3-4-5-6-7-8-9-13-11(12)10(2)14;1-2-3-4-5-6-7-9-13-11(12)8-10-14;1-2-3-4-5-6-7-8-12-10(11)9-13;1-2-6-4(5)3-7;5*1-2/h11-13,15-16,19,23H,2-10,14,17H2,1H3;13,16H,3-11H2,1-2H3;12,16H,3-11H2,1-2H3;11,15H,3-10H2,1-2H3;15H,2-11H2,1H3;10,14H,3-9H2,1-2H3;14H,2-10H2,1H3;13H,2-9H2,1H3;7H,2-3H2,1H3;5*1H2. The van der Waals surface area contributed by atoms with Crippen LogP contribution in [0, 0.1) is 0 Å². The summed E-state index contributed by atoms with van der Waals surface area (Å²) in [6.45, 7) is 37.7. The van der Waals surface area contributed by atoms with Crippen LogP contribution in [0.2, 0.25) is 0 Å². The van der Waals surface area contributed by atoms with E-state index in [1.54, 1.807) is 13.8 Å². The molecule has 1 rings (SSSR count). The number of methoxy groups -OCH3 is 1. The van der Waals surface area contributed by atoms with Gasteiger partial charge >= 0.3 is 53.7 Å². The molecule has 0 aliphatic carbocycles. The lowest BCUT2D eigenvalue weighted by Gasteiger charge is -2.14. The molecule has 0 N–H and O–H groups in total. The van der Waals surface area contributed by atoms with Gasteiger partial charge in [0.1, 0.15) is 51.4 Å². The maximum Gasteiger partial charge on any atom is 0.323 e. The van der Waals surface area contributed by atoms with Crippen LogP contribution in [0.4, 0.5) is 0 Å². The highest BCUT2D eigenvalue weighted by molar-refractivity contribution is 7.82. The number of rotatable bonds is 79. The second kappa shape index (κ2) is 158. The monoisotopic (exact) mass is 2200 g/mol. The van der Waals surface area contributed by atoms with Crippen LogP contribution in [0.3, 0.4) is 0 Å². The molecule has 23 nitrogen and oxygen atoms in total. The molecule has 0 aromatic heterocycles. The number of thiol groups is 9. The number of hydrogen-bond donors (Lipinski definition) is 9. The van der Waals surface area contributed by atoms with E-state index in [1.165, 1.54) is 290 Å². The Bertz CT molecular complexity index is 2660. The molecular formula is C111H214O23S9. The maximum atomic E-state index is 11.9. The fourth-order valence-electron chi connectivity index (χ4n) is 12.6. The van der Waals surface area contributed by atoms with Crippen molar-refractivity contribution in [2.45, 2.75) is 503 Å². The van der Waals surface area contributed by atoms with Gasteiger partial charge in [-0.25, -0.2) is 0 Å². The number of carbonyl (C=O) groups is 14. The van der Waals surface area contributed by atoms with Gasteiger partial charge < -0.3 is 66.6 Å². The minimum Gasteiger partial charge on any atom is -0.468 e. The predicted octanol–water partition coefficient (Wildman–Crippen LogP) is 30.1. The topological polar surface area (TPSA) is 322 Å². The van der Waals surface area contributed by atoms with E-state index < -0.39 is 5.25 Å².